The standard InChI is InChI=1S/C17H21NO/c19-17(18-16-12-5-2-6-13-16)14-8-7-11-15-9-3-1-4-10-15/h1,3-4,7-11,14,16H,2,5-6,12-13H2,(H,18,19)/b11-7+,14-8+. The molecule has 0 aromatic heterocycles. The molecule has 1 aliphatic carbocycles. The summed E-state index contributed by atoms with van der Waals surface area (Å²) < 4.78 is 0. The van der Waals surface area contributed by atoms with Gasteiger partial charge in [-0.05, 0) is 18.4 Å². The van der Waals surface area contributed by atoms with Gasteiger partial charge in [-0.1, -0.05) is 67.8 Å². The molecule has 0 spiro atoms. The van der Waals surface area contributed by atoms with E-state index in [2.05, 4.69) is 5.32 Å². The third-order valence-corrected chi connectivity index (χ3v) is 3.40. The van der Waals surface area contributed by atoms with E-state index in [4.69, 9.17) is 0 Å². The predicted octanol–water partition coefficient (Wildman–Crippen LogP) is 3.70. The molecule has 1 aliphatic rings. The average molecular weight is 255 g/mol. The number of rotatable bonds is 4. The summed E-state index contributed by atoms with van der Waals surface area (Å²) in [5, 5.41) is 3.06. The van der Waals surface area contributed by atoms with Crippen LogP contribution in [-0.2, 0) is 4.79 Å². The van der Waals surface area contributed by atoms with Gasteiger partial charge in [-0.2, -0.15) is 0 Å². The molecule has 2 rings (SSSR count). The van der Waals surface area contributed by atoms with Crippen molar-refractivity contribution in [3.63, 3.8) is 0 Å². The molecule has 1 N–H and O–H groups in total. The highest BCUT2D eigenvalue weighted by atomic mass is 16.1. The topological polar surface area (TPSA) is 29.1 Å². The van der Waals surface area contributed by atoms with Crippen LogP contribution in [-0.4, -0.2) is 11.9 Å². The van der Waals surface area contributed by atoms with Gasteiger partial charge >= 0.3 is 0 Å². The van der Waals surface area contributed by atoms with Crippen LogP contribution < -0.4 is 5.32 Å². The Morgan fingerprint density at radius 2 is 1.79 bits per heavy atom. The molecule has 0 bridgehead atoms. The SMILES string of the molecule is O=C(/C=C/C=C/c1ccccc1)NC1CCCCC1. The van der Waals surface area contributed by atoms with E-state index in [0.717, 1.165) is 18.4 Å². The largest absolute Gasteiger partial charge is 0.350 e. The van der Waals surface area contributed by atoms with Crippen molar-refractivity contribution in [2.75, 3.05) is 0 Å². The lowest BCUT2D eigenvalue weighted by Crippen LogP contribution is -2.34. The average Bonchev–Trinajstić information content (AvgIpc) is 2.46. The zero-order valence-corrected chi connectivity index (χ0v) is 11.2. The van der Waals surface area contributed by atoms with E-state index in [-0.39, 0.29) is 5.91 Å². The van der Waals surface area contributed by atoms with E-state index >= 15 is 0 Å². The fourth-order valence-corrected chi connectivity index (χ4v) is 2.37. The molecule has 1 amide bonds. The second-order valence-electron chi connectivity index (χ2n) is 4.97. The summed E-state index contributed by atoms with van der Waals surface area (Å²) in [6.07, 6.45) is 13.3. The molecule has 0 saturated heterocycles. The van der Waals surface area contributed by atoms with Crippen molar-refractivity contribution in [3.05, 3.63) is 54.1 Å². The third-order valence-electron chi connectivity index (χ3n) is 3.40. The molecular weight excluding hydrogens is 234 g/mol. The molecule has 19 heavy (non-hydrogen) atoms. The fraction of sp³-hybridized carbons (Fsp3) is 0.353. The molecule has 2 nitrogen and oxygen atoms in total. The highest BCUT2D eigenvalue weighted by molar-refractivity contribution is 5.88. The lowest BCUT2D eigenvalue weighted by Gasteiger charge is -2.21. The minimum atomic E-state index is 0.0182. The summed E-state index contributed by atoms with van der Waals surface area (Å²) in [6.45, 7) is 0. The summed E-state index contributed by atoms with van der Waals surface area (Å²) in [7, 11) is 0. The zero-order chi connectivity index (χ0) is 13.3. The number of carbonyl (C=O) groups excluding carboxylic acids is 1. The van der Waals surface area contributed by atoms with Gasteiger partial charge in [-0.15, -0.1) is 0 Å². The summed E-state index contributed by atoms with van der Waals surface area (Å²) in [6, 6.07) is 10.4. The van der Waals surface area contributed by atoms with Gasteiger partial charge in [-0.3, -0.25) is 4.79 Å². The first kappa shape index (κ1) is 13.6. The van der Waals surface area contributed by atoms with E-state index in [9.17, 15) is 4.79 Å². The first-order chi connectivity index (χ1) is 9.34. The molecule has 2 heteroatoms. The molecule has 0 unspecified atom stereocenters. The van der Waals surface area contributed by atoms with Crippen molar-refractivity contribution in [2.24, 2.45) is 0 Å². The summed E-state index contributed by atoms with van der Waals surface area (Å²) in [5.41, 5.74) is 1.14. The van der Waals surface area contributed by atoms with Crippen molar-refractivity contribution >= 4 is 12.0 Å². The van der Waals surface area contributed by atoms with Crippen LogP contribution in [0.25, 0.3) is 6.08 Å². The van der Waals surface area contributed by atoms with E-state index in [1.165, 1.54) is 19.3 Å². The minimum absolute atomic E-state index is 0.0182. The van der Waals surface area contributed by atoms with Crippen molar-refractivity contribution in [1.29, 1.82) is 0 Å². The Bertz CT molecular complexity index is 442. The van der Waals surface area contributed by atoms with Crippen LogP contribution in [0.5, 0.6) is 0 Å². The van der Waals surface area contributed by atoms with E-state index in [0.29, 0.717) is 6.04 Å². The molecule has 1 aromatic carbocycles. The predicted molar refractivity (Wildman–Crippen MR) is 79.6 cm³/mol. The summed E-state index contributed by atoms with van der Waals surface area (Å²) >= 11 is 0. The van der Waals surface area contributed by atoms with Gasteiger partial charge < -0.3 is 5.32 Å². The Kier molecular flexibility index (Phi) is 5.42. The van der Waals surface area contributed by atoms with Crippen LogP contribution in [0, 0.1) is 0 Å². The second-order valence-corrected chi connectivity index (χ2v) is 4.97. The number of allylic oxidation sites excluding steroid dienone is 2. The lowest BCUT2D eigenvalue weighted by molar-refractivity contribution is -0.117. The highest BCUT2D eigenvalue weighted by Crippen LogP contribution is 2.17. The molecule has 0 atom stereocenters. The molecule has 0 radical (unpaired) electrons. The monoisotopic (exact) mass is 255 g/mol. The van der Waals surface area contributed by atoms with Gasteiger partial charge in [0.05, 0.1) is 0 Å². The molecule has 100 valence electrons. The second kappa shape index (κ2) is 7.57. The quantitative estimate of drug-likeness (QED) is 0.645. The highest BCUT2D eigenvalue weighted by Gasteiger charge is 2.13. The number of hydrogen-bond donors (Lipinski definition) is 1. The van der Waals surface area contributed by atoms with E-state index < -0.39 is 0 Å². The first-order valence-corrected chi connectivity index (χ1v) is 7.05. The van der Waals surface area contributed by atoms with Crippen LogP contribution in [0.4, 0.5) is 0 Å². The fourth-order valence-electron chi connectivity index (χ4n) is 2.37. The van der Waals surface area contributed by atoms with E-state index in [1.807, 2.05) is 42.5 Å². The molecule has 0 heterocycles. The Hall–Kier alpha value is -1.83. The number of nitrogens with one attached hydrogen (secondary N) is 1. The van der Waals surface area contributed by atoms with Crippen LogP contribution in [0.1, 0.15) is 37.7 Å². The zero-order valence-electron chi connectivity index (χ0n) is 11.2. The van der Waals surface area contributed by atoms with Crippen LogP contribution >= 0.6 is 0 Å². The molecular formula is C17H21NO. The number of hydrogen-bond acceptors (Lipinski definition) is 1. The van der Waals surface area contributed by atoms with Crippen LogP contribution in [0.15, 0.2) is 48.6 Å². The molecule has 1 fully saturated rings. The van der Waals surface area contributed by atoms with Gasteiger partial charge in [0, 0.05) is 12.1 Å². The van der Waals surface area contributed by atoms with Crippen LogP contribution in [0.3, 0.4) is 0 Å². The van der Waals surface area contributed by atoms with Gasteiger partial charge in [-0.25, -0.2) is 0 Å². The first-order valence-electron chi connectivity index (χ1n) is 7.05. The Morgan fingerprint density at radius 3 is 2.53 bits per heavy atom. The van der Waals surface area contributed by atoms with Crippen LogP contribution in [0.2, 0.25) is 0 Å². The Balaban J connectivity index is 1.75. The number of carbonyl (C=O) groups is 1. The Labute approximate surface area is 115 Å². The summed E-state index contributed by atoms with van der Waals surface area (Å²) in [5.74, 6) is 0.0182. The lowest BCUT2D eigenvalue weighted by atomic mass is 9.95. The third kappa shape index (κ3) is 5.12. The van der Waals surface area contributed by atoms with Gasteiger partial charge in [0.1, 0.15) is 0 Å². The van der Waals surface area contributed by atoms with Crippen molar-refractivity contribution in [2.45, 2.75) is 38.1 Å². The van der Waals surface area contributed by atoms with Gasteiger partial charge in [0.25, 0.3) is 0 Å². The smallest absolute Gasteiger partial charge is 0.244 e. The van der Waals surface area contributed by atoms with Crippen molar-refractivity contribution in [3.8, 4) is 0 Å². The van der Waals surface area contributed by atoms with Crippen molar-refractivity contribution < 1.29 is 4.79 Å². The van der Waals surface area contributed by atoms with Crippen molar-refractivity contribution in [1.82, 2.24) is 5.32 Å². The maximum Gasteiger partial charge on any atom is 0.244 e. The van der Waals surface area contributed by atoms with E-state index in [1.54, 1.807) is 12.2 Å². The maximum atomic E-state index is 11.7. The molecule has 0 aliphatic heterocycles. The van der Waals surface area contributed by atoms with Gasteiger partial charge in [0.2, 0.25) is 5.91 Å². The summed E-state index contributed by atoms with van der Waals surface area (Å²) in [4.78, 5) is 11.7. The number of benzene rings is 1. The maximum absolute atomic E-state index is 11.7. The Morgan fingerprint density at radius 1 is 1.05 bits per heavy atom. The molecule has 1 saturated carbocycles. The normalized spacial score (nSPS) is 17.1. The minimum Gasteiger partial charge on any atom is -0.350 e. The van der Waals surface area contributed by atoms with Gasteiger partial charge in [0.15, 0.2) is 0 Å². The molecule has 1 aromatic rings. The number of amides is 1.